The van der Waals surface area contributed by atoms with Crippen molar-refractivity contribution in [2.45, 2.75) is 19.8 Å². The first-order valence-corrected chi connectivity index (χ1v) is 7.00. The highest BCUT2D eigenvalue weighted by Crippen LogP contribution is 2.16. The van der Waals surface area contributed by atoms with E-state index in [1.54, 1.807) is 43.6 Å². The van der Waals surface area contributed by atoms with E-state index < -0.39 is 5.97 Å². The minimum Gasteiger partial charge on any atom is -0.462 e. The Morgan fingerprint density at radius 3 is 2.64 bits per heavy atom. The van der Waals surface area contributed by atoms with Crippen LogP contribution in [0.2, 0.25) is 0 Å². The number of nitrogens with one attached hydrogen (secondary N) is 1. The molecule has 1 N–H and O–H groups in total. The summed E-state index contributed by atoms with van der Waals surface area (Å²) in [5.74, 6) is -0.629. The number of rotatable bonds is 6. The SMILES string of the molecule is CCOC(=O)c1ccccc1NC(=O)CCc1cncnc1. The van der Waals surface area contributed by atoms with Gasteiger partial charge in [0.15, 0.2) is 0 Å². The Kier molecular flexibility index (Phi) is 5.59. The van der Waals surface area contributed by atoms with Gasteiger partial charge in [-0.3, -0.25) is 4.79 Å². The van der Waals surface area contributed by atoms with Crippen LogP contribution < -0.4 is 5.32 Å². The maximum Gasteiger partial charge on any atom is 0.340 e. The normalized spacial score (nSPS) is 10.0. The minimum atomic E-state index is -0.449. The maximum absolute atomic E-state index is 12.0. The topological polar surface area (TPSA) is 81.2 Å². The molecule has 114 valence electrons. The average molecular weight is 299 g/mol. The predicted octanol–water partition coefficient (Wildman–Crippen LogP) is 2.22. The van der Waals surface area contributed by atoms with Gasteiger partial charge in [0, 0.05) is 18.8 Å². The number of aromatic nitrogens is 2. The van der Waals surface area contributed by atoms with Crippen molar-refractivity contribution in [1.29, 1.82) is 0 Å². The molecule has 22 heavy (non-hydrogen) atoms. The van der Waals surface area contributed by atoms with Gasteiger partial charge >= 0.3 is 5.97 Å². The van der Waals surface area contributed by atoms with E-state index in [1.165, 1.54) is 6.33 Å². The second-order valence-corrected chi connectivity index (χ2v) is 4.56. The van der Waals surface area contributed by atoms with Crippen molar-refractivity contribution >= 4 is 17.6 Å². The predicted molar refractivity (Wildman–Crippen MR) is 81.4 cm³/mol. The number of anilines is 1. The Morgan fingerprint density at radius 2 is 1.91 bits per heavy atom. The highest BCUT2D eigenvalue weighted by atomic mass is 16.5. The van der Waals surface area contributed by atoms with E-state index in [1.807, 2.05) is 0 Å². The molecule has 6 heteroatoms. The van der Waals surface area contributed by atoms with Crippen LogP contribution >= 0.6 is 0 Å². The summed E-state index contributed by atoms with van der Waals surface area (Å²) in [5.41, 5.74) is 1.69. The van der Waals surface area contributed by atoms with Gasteiger partial charge in [-0.2, -0.15) is 0 Å². The summed E-state index contributed by atoms with van der Waals surface area (Å²) in [7, 11) is 0. The van der Waals surface area contributed by atoms with Crippen LogP contribution in [0, 0.1) is 0 Å². The zero-order valence-electron chi connectivity index (χ0n) is 12.3. The lowest BCUT2D eigenvalue weighted by Crippen LogP contribution is -2.16. The molecular weight excluding hydrogens is 282 g/mol. The number of benzene rings is 1. The fourth-order valence-corrected chi connectivity index (χ4v) is 1.91. The van der Waals surface area contributed by atoms with Gasteiger partial charge in [0.1, 0.15) is 6.33 Å². The monoisotopic (exact) mass is 299 g/mol. The van der Waals surface area contributed by atoms with Crippen LogP contribution in [0.1, 0.15) is 29.3 Å². The highest BCUT2D eigenvalue weighted by Gasteiger charge is 2.13. The highest BCUT2D eigenvalue weighted by molar-refractivity contribution is 6.01. The van der Waals surface area contributed by atoms with Crippen LogP contribution in [0.4, 0.5) is 5.69 Å². The molecule has 0 spiro atoms. The fourth-order valence-electron chi connectivity index (χ4n) is 1.91. The number of carbonyl (C=O) groups excluding carboxylic acids is 2. The quantitative estimate of drug-likeness (QED) is 0.827. The molecule has 2 aromatic rings. The van der Waals surface area contributed by atoms with Gasteiger partial charge in [-0.25, -0.2) is 14.8 Å². The Bertz CT molecular complexity index is 644. The van der Waals surface area contributed by atoms with Crippen LogP contribution in [0.25, 0.3) is 0 Å². The van der Waals surface area contributed by atoms with Crippen molar-refractivity contribution in [3.8, 4) is 0 Å². The van der Waals surface area contributed by atoms with E-state index in [9.17, 15) is 9.59 Å². The number of amides is 1. The van der Waals surface area contributed by atoms with Crippen molar-refractivity contribution in [2.75, 3.05) is 11.9 Å². The molecule has 0 aliphatic rings. The molecule has 1 aromatic heterocycles. The lowest BCUT2D eigenvalue weighted by Gasteiger charge is -2.10. The summed E-state index contributed by atoms with van der Waals surface area (Å²) in [6, 6.07) is 6.78. The van der Waals surface area contributed by atoms with Gasteiger partial charge < -0.3 is 10.1 Å². The van der Waals surface area contributed by atoms with Crippen molar-refractivity contribution in [3.63, 3.8) is 0 Å². The van der Waals surface area contributed by atoms with Crippen molar-refractivity contribution in [1.82, 2.24) is 9.97 Å². The summed E-state index contributed by atoms with van der Waals surface area (Å²) >= 11 is 0. The number of nitrogens with zero attached hydrogens (tertiary/aromatic N) is 2. The van der Waals surface area contributed by atoms with Crippen LogP contribution in [0.3, 0.4) is 0 Å². The number of ether oxygens (including phenoxy) is 1. The molecule has 2 rings (SSSR count). The van der Waals surface area contributed by atoms with E-state index in [0.717, 1.165) is 5.56 Å². The van der Waals surface area contributed by atoms with Gasteiger partial charge in [0.25, 0.3) is 0 Å². The van der Waals surface area contributed by atoms with Crippen LogP contribution in [0.5, 0.6) is 0 Å². The number of esters is 1. The van der Waals surface area contributed by atoms with Gasteiger partial charge in [0.2, 0.25) is 5.91 Å². The summed E-state index contributed by atoms with van der Waals surface area (Å²) in [5, 5.41) is 2.74. The molecule has 0 fully saturated rings. The van der Waals surface area contributed by atoms with Crippen LogP contribution in [-0.2, 0) is 16.0 Å². The molecule has 1 heterocycles. The third-order valence-corrected chi connectivity index (χ3v) is 2.95. The molecule has 6 nitrogen and oxygen atoms in total. The van der Waals surface area contributed by atoms with E-state index in [4.69, 9.17) is 4.74 Å². The van der Waals surface area contributed by atoms with Crippen LogP contribution in [-0.4, -0.2) is 28.5 Å². The van der Waals surface area contributed by atoms with E-state index in [2.05, 4.69) is 15.3 Å². The lowest BCUT2D eigenvalue weighted by molar-refractivity contribution is -0.116. The fraction of sp³-hybridized carbons (Fsp3) is 0.250. The molecule has 0 atom stereocenters. The number of hydrogen-bond acceptors (Lipinski definition) is 5. The molecular formula is C16H17N3O3. The number of para-hydroxylation sites is 1. The molecule has 0 radical (unpaired) electrons. The Morgan fingerprint density at radius 1 is 1.18 bits per heavy atom. The van der Waals surface area contributed by atoms with E-state index in [0.29, 0.717) is 17.7 Å². The molecule has 1 amide bonds. The second-order valence-electron chi connectivity index (χ2n) is 4.56. The largest absolute Gasteiger partial charge is 0.462 e. The van der Waals surface area contributed by atoms with Gasteiger partial charge in [-0.05, 0) is 31.0 Å². The zero-order valence-corrected chi connectivity index (χ0v) is 12.3. The summed E-state index contributed by atoms with van der Waals surface area (Å²) in [6.07, 6.45) is 5.61. The minimum absolute atomic E-state index is 0.180. The first-order chi connectivity index (χ1) is 10.7. The third-order valence-electron chi connectivity index (χ3n) is 2.95. The average Bonchev–Trinajstić information content (AvgIpc) is 2.54. The van der Waals surface area contributed by atoms with Crippen LogP contribution in [0.15, 0.2) is 43.0 Å². The smallest absolute Gasteiger partial charge is 0.340 e. The number of hydrogen-bond donors (Lipinski definition) is 1. The first kappa shape index (κ1) is 15.6. The number of aryl methyl sites for hydroxylation is 1. The molecule has 1 aromatic carbocycles. The van der Waals surface area contributed by atoms with Crippen molar-refractivity contribution < 1.29 is 14.3 Å². The van der Waals surface area contributed by atoms with Gasteiger partial charge in [-0.15, -0.1) is 0 Å². The van der Waals surface area contributed by atoms with E-state index in [-0.39, 0.29) is 18.9 Å². The molecule has 0 saturated heterocycles. The van der Waals surface area contributed by atoms with Crippen molar-refractivity contribution in [2.24, 2.45) is 0 Å². The lowest BCUT2D eigenvalue weighted by atomic mass is 10.1. The Hall–Kier alpha value is -2.76. The van der Waals surface area contributed by atoms with E-state index >= 15 is 0 Å². The van der Waals surface area contributed by atoms with Crippen molar-refractivity contribution in [3.05, 3.63) is 54.1 Å². The zero-order chi connectivity index (χ0) is 15.8. The summed E-state index contributed by atoms with van der Waals surface area (Å²) in [6.45, 7) is 2.02. The Labute approximate surface area is 128 Å². The molecule has 0 saturated carbocycles. The second kappa shape index (κ2) is 7.87. The van der Waals surface area contributed by atoms with Gasteiger partial charge in [-0.1, -0.05) is 12.1 Å². The number of carbonyl (C=O) groups is 2. The Balaban J connectivity index is 1.98. The summed E-state index contributed by atoms with van der Waals surface area (Å²) in [4.78, 5) is 31.7. The maximum atomic E-state index is 12.0. The molecule has 0 unspecified atom stereocenters. The molecule has 0 aliphatic heterocycles. The summed E-state index contributed by atoms with van der Waals surface area (Å²) < 4.78 is 4.97. The molecule has 0 bridgehead atoms. The standard InChI is InChI=1S/C16H17N3O3/c1-2-22-16(21)13-5-3-4-6-14(13)19-15(20)8-7-12-9-17-11-18-10-12/h3-6,9-11H,2,7-8H2,1H3,(H,19,20). The molecule has 0 aliphatic carbocycles. The third kappa shape index (κ3) is 4.37. The first-order valence-electron chi connectivity index (χ1n) is 7.00. The van der Waals surface area contributed by atoms with Gasteiger partial charge in [0.05, 0.1) is 17.9 Å².